The third kappa shape index (κ3) is 6.52. The van der Waals surface area contributed by atoms with Gasteiger partial charge in [-0.05, 0) is 6.92 Å². The van der Waals surface area contributed by atoms with E-state index in [1.807, 2.05) is 0 Å². The lowest BCUT2D eigenvalue weighted by atomic mass is 9.98. The number of ketones is 1. The van der Waals surface area contributed by atoms with Crippen molar-refractivity contribution in [1.82, 2.24) is 0 Å². The van der Waals surface area contributed by atoms with E-state index >= 15 is 0 Å². The molecule has 0 aromatic heterocycles. The maximum absolute atomic E-state index is 10.7. The van der Waals surface area contributed by atoms with Crippen molar-refractivity contribution in [2.75, 3.05) is 6.61 Å². The summed E-state index contributed by atoms with van der Waals surface area (Å²) < 4.78 is 13.8. The molecule has 0 amide bonds. The van der Waals surface area contributed by atoms with Crippen LogP contribution in [-0.2, 0) is 13.9 Å². The largest absolute Gasteiger partial charge is 0.790 e. The van der Waals surface area contributed by atoms with Gasteiger partial charge in [0.2, 0.25) is 0 Å². The number of phosphoric acid groups is 1. The monoisotopic (exact) mass is 302 g/mol. The second-order valence-electron chi connectivity index (χ2n) is 3.84. The van der Waals surface area contributed by atoms with Crippen LogP contribution in [0.2, 0.25) is 0 Å². The second-order valence-corrected chi connectivity index (χ2v) is 4.99. The van der Waals surface area contributed by atoms with E-state index in [1.54, 1.807) is 0 Å². The molecule has 0 spiro atoms. The Balaban J connectivity index is 4.50. The smallest absolute Gasteiger partial charge is 0.160 e. The first-order chi connectivity index (χ1) is 8.47. The zero-order chi connectivity index (χ0) is 15.4. The molecule has 0 aromatic rings. The molecule has 0 bridgehead atoms. The fourth-order valence-electron chi connectivity index (χ4n) is 1.12. The molecule has 0 aromatic carbocycles. The van der Waals surface area contributed by atoms with E-state index in [2.05, 4.69) is 4.52 Å². The van der Waals surface area contributed by atoms with Crippen molar-refractivity contribution in [3.05, 3.63) is 0 Å². The number of aliphatic hydroxyl groups is 5. The average molecular weight is 302 g/mol. The fourth-order valence-corrected chi connectivity index (χ4v) is 1.46. The number of hydrogen-bond acceptors (Lipinski definition) is 10. The minimum absolute atomic E-state index is 0.895. The number of carbonyl (C=O) groups is 1. The van der Waals surface area contributed by atoms with E-state index in [0.717, 1.165) is 6.92 Å². The van der Waals surface area contributed by atoms with E-state index in [1.165, 1.54) is 0 Å². The molecule has 11 heteroatoms. The second kappa shape index (κ2) is 7.39. The molecule has 5 N–H and O–H groups in total. The average Bonchev–Trinajstić information content (AvgIpc) is 2.30. The van der Waals surface area contributed by atoms with Crippen LogP contribution in [0.15, 0.2) is 0 Å². The zero-order valence-corrected chi connectivity index (χ0v) is 10.7. The van der Waals surface area contributed by atoms with Gasteiger partial charge in [0.05, 0.1) is 14.4 Å². The molecule has 0 saturated carbocycles. The van der Waals surface area contributed by atoms with Crippen molar-refractivity contribution in [2.24, 2.45) is 0 Å². The van der Waals surface area contributed by atoms with Gasteiger partial charge in [-0.15, -0.1) is 0 Å². The number of carbonyl (C=O) groups excluding carboxylic acids is 1. The Bertz CT molecular complexity index is 340. The molecule has 19 heavy (non-hydrogen) atoms. The van der Waals surface area contributed by atoms with Crippen LogP contribution in [0.25, 0.3) is 0 Å². The summed E-state index contributed by atoms with van der Waals surface area (Å²) in [6.07, 6.45) is -10.4. The molecular formula is C8H15O10P-2. The molecule has 10 nitrogen and oxygen atoms in total. The number of hydrogen-bond donors (Lipinski definition) is 5. The van der Waals surface area contributed by atoms with Crippen LogP contribution in [0, 0.1) is 0 Å². The highest BCUT2D eigenvalue weighted by atomic mass is 31.2. The Kier molecular flexibility index (Phi) is 7.22. The molecule has 114 valence electrons. The lowest BCUT2D eigenvalue weighted by Crippen LogP contribution is -2.51. The van der Waals surface area contributed by atoms with Gasteiger partial charge < -0.3 is 44.4 Å². The van der Waals surface area contributed by atoms with E-state index in [-0.39, 0.29) is 0 Å². The van der Waals surface area contributed by atoms with E-state index < -0.39 is 50.7 Å². The SMILES string of the molecule is CC(=O)[C@@H](O)[C@H](O)[C@H](O)[C@H](O)[C@H](O)COP(=O)([O-])[O-]. The van der Waals surface area contributed by atoms with E-state index in [4.69, 9.17) is 5.11 Å². The summed E-state index contributed by atoms with van der Waals surface area (Å²) in [5.74, 6) is -0.895. The molecule has 0 aliphatic rings. The van der Waals surface area contributed by atoms with Crippen molar-refractivity contribution in [3.8, 4) is 0 Å². The van der Waals surface area contributed by atoms with Crippen LogP contribution >= 0.6 is 7.82 Å². The highest BCUT2D eigenvalue weighted by molar-refractivity contribution is 7.43. The predicted molar refractivity (Wildman–Crippen MR) is 54.3 cm³/mol. The van der Waals surface area contributed by atoms with Crippen LogP contribution in [0.1, 0.15) is 6.92 Å². The Hall–Kier alpha value is -0.420. The Morgan fingerprint density at radius 1 is 1.11 bits per heavy atom. The van der Waals surface area contributed by atoms with Crippen LogP contribution in [-0.4, -0.2) is 68.4 Å². The maximum atomic E-state index is 10.7. The molecule has 0 rings (SSSR count). The summed E-state index contributed by atoms with van der Waals surface area (Å²) in [5.41, 5.74) is 0. The fraction of sp³-hybridized carbons (Fsp3) is 0.875. The highest BCUT2D eigenvalue weighted by Crippen LogP contribution is 2.25. The topological polar surface area (TPSA) is 191 Å². The van der Waals surface area contributed by atoms with Crippen molar-refractivity contribution < 1.29 is 49.2 Å². The summed E-state index contributed by atoms with van der Waals surface area (Å²) in [7, 11) is -5.37. The molecule has 0 heterocycles. The van der Waals surface area contributed by atoms with Gasteiger partial charge in [-0.3, -0.25) is 4.79 Å². The minimum Gasteiger partial charge on any atom is -0.790 e. The standard InChI is InChI=1S/C8H17O10P/c1-3(9)5(11)7(13)8(14)6(12)4(10)2-18-19(15,16)17/h4-8,10-14H,2H2,1H3,(H2,15,16,17)/p-2/t4-,5-,6-,7+,8-/m1/s1. The first-order valence-electron chi connectivity index (χ1n) is 5.04. The lowest BCUT2D eigenvalue weighted by molar-refractivity contribution is -0.343. The summed E-state index contributed by atoms with van der Waals surface area (Å²) in [6, 6.07) is 0. The number of phosphoric ester groups is 1. The third-order valence-corrected chi connectivity index (χ3v) is 2.70. The van der Waals surface area contributed by atoms with E-state index in [9.17, 15) is 39.6 Å². The van der Waals surface area contributed by atoms with Crippen LogP contribution < -0.4 is 9.79 Å². The first kappa shape index (κ1) is 18.6. The Labute approximate surface area is 108 Å². The number of Topliss-reactive ketones (excluding diaryl/α,β-unsaturated/α-hetero) is 1. The third-order valence-electron chi connectivity index (χ3n) is 2.24. The molecule has 0 unspecified atom stereocenters. The predicted octanol–water partition coefficient (Wildman–Crippen LogP) is -4.77. The molecule has 5 atom stereocenters. The summed E-state index contributed by atoms with van der Waals surface area (Å²) in [5, 5.41) is 46.3. The highest BCUT2D eigenvalue weighted by Gasteiger charge is 2.36. The van der Waals surface area contributed by atoms with Crippen LogP contribution in [0.5, 0.6) is 0 Å². The molecule has 0 aliphatic heterocycles. The lowest BCUT2D eigenvalue weighted by Gasteiger charge is -2.32. The van der Waals surface area contributed by atoms with Gasteiger partial charge in [-0.1, -0.05) is 0 Å². The quantitative estimate of drug-likeness (QED) is 0.272. The van der Waals surface area contributed by atoms with Gasteiger partial charge in [0.15, 0.2) is 5.78 Å². The van der Waals surface area contributed by atoms with Crippen molar-refractivity contribution in [3.63, 3.8) is 0 Å². The molecule has 0 radical (unpaired) electrons. The van der Waals surface area contributed by atoms with Crippen LogP contribution in [0.3, 0.4) is 0 Å². The number of rotatable bonds is 8. The first-order valence-corrected chi connectivity index (χ1v) is 6.50. The molecular weight excluding hydrogens is 287 g/mol. The maximum Gasteiger partial charge on any atom is 0.160 e. The van der Waals surface area contributed by atoms with Crippen molar-refractivity contribution in [2.45, 2.75) is 37.4 Å². The molecule has 0 aliphatic carbocycles. The van der Waals surface area contributed by atoms with E-state index in [0.29, 0.717) is 0 Å². The minimum atomic E-state index is -5.37. The van der Waals surface area contributed by atoms with Crippen LogP contribution in [0.4, 0.5) is 0 Å². The Morgan fingerprint density at radius 2 is 1.58 bits per heavy atom. The van der Waals surface area contributed by atoms with Gasteiger partial charge in [0.25, 0.3) is 0 Å². The van der Waals surface area contributed by atoms with Gasteiger partial charge in [0, 0.05) is 0 Å². The zero-order valence-electron chi connectivity index (χ0n) is 9.82. The normalized spacial score (nSPS) is 20.4. The van der Waals surface area contributed by atoms with Gasteiger partial charge in [0.1, 0.15) is 30.5 Å². The summed E-state index contributed by atoms with van der Waals surface area (Å²) in [6.45, 7) is -0.233. The Morgan fingerprint density at radius 3 is 1.95 bits per heavy atom. The van der Waals surface area contributed by atoms with Crippen molar-refractivity contribution >= 4 is 13.6 Å². The molecule has 0 fully saturated rings. The number of aliphatic hydroxyl groups excluding tert-OH is 5. The van der Waals surface area contributed by atoms with Gasteiger partial charge >= 0.3 is 0 Å². The molecule has 0 saturated heterocycles. The van der Waals surface area contributed by atoms with Gasteiger partial charge in [-0.2, -0.15) is 0 Å². The summed E-state index contributed by atoms with van der Waals surface area (Å²) >= 11 is 0. The summed E-state index contributed by atoms with van der Waals surface area (Å²) in [4.78, 5) is 31.0. The van der Waals surface area contributed by atoms with Gasteiger partial charge in [-0.25, -0.2) is 0 Å². The van der Waals surface area contributed by atoms with Crippen molar-refractivity contribution in [1.29, 1.82) is 0 Å².